The number of aliphatic hydroxyl groups excluding tert-OH is 1. The number of nitrogens with two attached hydrogens (primary N) is 5. The van der Waals surface area contributed by atoms with E-state index in [0.29, 0.717) is 38.5 Å². The number of aliphatic imine (C=N–C) groups is 1. The van der Waals surface area contributed by atoms with E-state index in [9.17, 15) is 57.8 Å². The molecule has 0 fully saturated rings. The van der Waals surface area contributed by atoms with Crippen LogP contribution in [-0.2, 0) is 52.7 Å². The zero-order valence-corrected chi connectivity index (χ0v) is 62.6. The molecule has 0 aromatic carbocycles. The van der Waals surface area contributed by atoms with Gasteiger partial charge in [0.05, 0.1) is 12.6 Å². The Hall–Kier alpha value is -6.68. The second-order valence-corrected chi connectivity index (χ2v) is 28.6. The lowest BCUT2D eigenvalue weighted by molar-refractivity contribution is -0.137. The molecule has 0 aromatic rings. The maximum absolute atomic E-state index is 14.8. The molecular formula is C71H136N16O12. The Kier molecular flexibility index (Phi) is 50.5. The summed E-state index contributed by atoms with van der Waals surface area (Å²) in [6.07, 6.45) is 18.3. The molecule has 0 radical (unpaired) electrons. The Labute approximate surface area is 592 Å². The second-order valence-electron chi connectivity index (χ2n) is 28.6. The number of carbonyl (C=O) groups excluding carboxylic acids is 11. The molecular weight excluding hydrogens is 1270 g/mol. The Bertz CT molecular complexity index is 2410. The van der Waals surface area contributed by atoms with Crippen LogP contribution in [0.2, 0.25) is 0 Å². The van der Waals surface area contributed by atoms with Gasteiger partial charge in [0.15, 0.2) is 5.96 Å². The number of unbranched alkanes of at least 4 members (excludes halogenated alkanes) is 15. The van der Waals surface area contributed by atoms with Crippen LogP contribution >= 0.6 is 0 Å². The van der Waals surface area contributed by atoms with Crippen molar-refractivity contribution in [1.82, 2.24) is 53.2 Å². The lowest BCUT2D eigenvalue weighted by Crippen LogP contribution is -2.62. The summed E-state index contributed by atoms with van der Waals surface area (Å²) in [6.45, 7) is 22.0. The van der Waals surface area contributed by atoms with E-state index in [1.54, 1.807) is 13.8 Å². The van der Waals surface area contributed by atoms with Crippen LogP contribution in [0.3, 0.4) is 0 Å². The van der Waals surface area contributed by atoms with Crippen molar-refractivity contribution in [3.8, 4) is 0 Å². The lowest BCUT2D eigenvalue weighted by Gasteiger charge is -2.30. The number of primary amides is 1. The molecule has 0 heterocycles. The van der Waals surface area contributed by atoms with Gasteiger partial charge in [0.25, 0.3) is 0 Å². The third kappa shape index (κ3) is 43.6. The number of guanidine groups is 1. The highest BCUT2D eigenvalue weighted by Gasteiger charge is 2.38. The molecule has 572 valence electrons. The summed E-state index contributed by atoms with van der Waals surface area (Å²) in [5.41, 5.74) is 28.3. The van der Waals surface area contributed by atoms with Gasteiger partial charge in [-0.15, -0.1) is 0 Å². The molecule has 11 amide bonds. The molecule has 28 heteroatoms. The number of hydrogen-bond acceptors (Lipinski definition) is 15. The van der Waals surface area contributed by atoms with Crippen LogP contribution in [0.4, 0.5) is 0 Å². The average Bonchev–Trinajstić information content (AvgIpc) is 0.900. The van der Waals surface area contributed by atoms with E-state index in [2.05, 4.69) is 65.1 Å². The van der Waals surface area contributed by atoms with Gasteiger partial charge in [0.2, 0.25) is 65.0 Å². The maximum atomic E-state index is 14.8. The fourth-order valence-corrected chi connectivity index (χ4v) is 11.4. The van der Waals surface area contributed by atoms with Gasteiger partial charge in [0.1, 0.15) is 54.4 Å². The summed E-state index contributed by atoms with van der Waals surface area (Å²) in [4.78, 5) is 156. The molecule has 0 bridgehead atoms. The number of carbonyl (C=O) groups is 11. The van der Waals surface area contributed by atoms with Gasteiger partial charge in [-0.2, -0.15) is 0 Å². The number of hydrogen-bond donors (Lipinski definition) is 16. The van der Waals surface area contributed by atoms with Crippen LogP contribution in [0.15, 0.2) is 4.99 Å². The minimum absolute atomic E-state index is 0.000400. The van der Waals surface area contributed by atoms with Crippen molar-refractivity contribution in [2.45, 2.75) is 323 Å². The highest BCUT2D eigenvalue weighted by Crippen LogP contribution is 2.18. The monoisotopic (exact) mass is 1410 g/mol. The predicted molar refractivity (Wildman–Crippen MR) is 389 cm³/mol. The molecule has 0 rings (SSSR count). The Morgan fingerprint density at radius 2 is 0.727 bits per heavy atom. The molecule has 0 saturated heterocycles. The topological polar surface area (TPSA) is 471 Å². The third-order valence-corrected chi connectivity index (χ3v) is 17.2. The summed E-state index contributed by atoms with van der Waals surface area (Å²) in [7, 11) is 0. The standard InChI is InChI=1S/C71H136N16O12/c1-13-15-16-17-18-19-20-21-22-23-24-25-26-27-36-58(89)77-38-31-29-34-51(81-67(96)56(42-47(7)8)84-66(95)55(41-46(5)6)79-59(90)44-73)63(92)80-53(35-32-39-78-71(75)76)64(93)86-60(49(11)14-2)69(98)82-52(33-28-30-37-72)65(94)87-61(50(12)88)70(99)85-57(43-48(9)10)68(97)83-54(62(74)91)40-45(3)4/h45-57,60-61,88H,13-44,72-73H2,1-12H3,(H2,74,91)(H,77,89)(H,79,90)(H,80,92)(H,81,96)(H,82,98)(H,83,97)(H,84,95)(H,85,99)(H,86,93)(H,87,94)(H4,75,76,78)/t49-,50+,51+,52+,53-,54-,55-,56-,57-,60-,61-/m0/s1. The highest BCUT2D eigenvalue weighted by molar-refractivity contribution is 5.98. The fraction of sp³-hybridized carbons (Fsp3) is 0.831. The molecule has 28 nitrogen and oxygen atoms in total. The van der Waals surface area contributed by atoms with E-state index in [4.69, 9.17) is 28.7 Å². The Morgan fingerprint density at radius 1 is 0.374 bits per heavy atom. The first-order valence-corrected chi connectivity index (χ1v) is 37.2. The van der Waals surface area contributed by atoms with E-state index in [0.717, 1.165) is 25.7 Å². The summed E-state index contributed by atoms with van der Waals surface area (Å²) in [5, 5.41) is 38.3. The van der Waals surface area contributed by atoms with Crippen molar-refractivity contribution in [3.05, 3.63) is 0 Å². The first-order valence-electron chi connectivity index (χ1n) is 37.2. The number of aliphatic hydroxyl groups is 1. The van der Waals surface area contributed by atoms with Crippen molar-refractivity contribution in [3.63, 3.8) is 0 Å². The Morgan fingerprint density at radius 3 is 1.14 bits per heavy atom. The van der Waals surface area contributed by atoms with Crippen LogP contribution in [0.1, 0.15) is 263 Å². The highest BCUT2D eigenvalue weighted by atomic mass is 16.3. The third-order valence-electron chi connectivity index (χ3n) is 17.2. The quantitative estimate of drug-likeness (QED) is 0.0234. The first kappa shape index (κ1) is 92.3. The van der Waals surface area contributed by atoms with Gasteiger partial charge in [-0.05, 0) is 127 Å². The number of nitrogens with zero attached hydrogens (tertiary/aromatic N) is 1. The van der Waals surface area contributed by atoms with Crippen LogP contribution < -0.4 is 81.8 Å². The summed E-state index contributed by atoms with van der Waals surface area (Å²) in [5.74, 6) is -8.82. The van der Waals surface area contributed by atoms with Gasteiger partial charge >= 0.3 is 0 Å². The van der Waals surface area contributed by atoms with Crippen molar-refractivity contribution >= 4 is 70.9 Å². The van der Waals surface area contributed by atoms with Crippen LogP contribution in [0.25, 0.3) is 0 Å². The van der Waals surface area contributed by atoms with E-state index >= 15 is 0 Å². The molecule has 11 atom stereocenters. The smallest absolute Gasteiger partial charge is 0.245 e. The maximum Gasteiger partial charge on any atom is 0.245 e. The molecule has 0 aromatic heterocycles. The minimum Gasteiger partial charge on any atom is -0.391 e. The van der Waals surface area contributed by atoms with Crippen LogP contribution in [0.5, 0.6) is 0 Å². The average molecular weight is 1410 g/mol. The molecule has 0 unspecified atom stereocenters. The van der Waals surface area contributed by atoms with E-state index in [1.807, 2.05) is 55.4 Å². The van der Waals surface area contributed by atoms with E-state index in [-0.39, 0.29) is 113 Å². The zero-order valence-electron chi connectivity index (χ0n) is 62.6. The summed E-state index contributed by atoms with van der Waals surface area (Å²) in [6, 6.07) is -11.5. The fourth-order valence-electron chi connectivity index (χ4n) is 11.4. The molecule has 99 heavy (non-hydrogen) atoms. The van der Waals surface area contributed by atoms with Gasteiger partial charge in [-0.25, -0.2) is 0 Å². The minimum atomic E-state index is -1.65. The largest absolute Gasteiger partial charge is 0.391 e. The van der Waals surface area contributed by atoms with Crippen LogP contribution in [-0.4, -0.2) is 163 Å². The molecule has 0 aliphatic heterocycles. The van der Waals surface area contributed by atoms with Crippen LogP contribution in [0, 0.1) is 29.6 Å². The zero-order chi connectivity index (χ0) is 75.0. The number of amides is 11. The Balaban J connectivity index is 7.01. The van der Waals surface area contributed by atoms with Gasteiger partial charge in [0, 0.05) is 19.5 Å². The SMILES string of the molecule is CCCCCCCCCCCCCCCCC(=O)NCCCC[C@@H](NC(=O)[C@H](CC(C)C)NC(=O)[C@H](CC(C)C)NC(=O)CN)C(=O)N[C@@H](CCCN=C(N)N)C(=O)N[C@H](C(=O)N[C@H](CCCCN)C(=O)N[C@H](C(=O)N[C@@H](CC(C)C)C(=O)N[C@@H](CC(C)C)C(N)=O)[C@@H](C)O)[C@@H](C)CC. The van der Waals surface area contributed by atoms with Crippen molar-refractivity contribution in [2.24, 2.45) is 63.3 Å². The van der Waals surface area contributed by atoms with Gasteiger partial charge < -0.3 is 86.9 Å². The molecule has 0 spiro atoms. The second kappa shape index (κ2) is 54.1. The number of rotatable bonds is 58. The van der Waals surface area contributed by atoms with E-state index in [1.165, 1.54) is 71.1 Å². The van der Waals surface area contributed by atoms with Crippen molar-refractivity contribution in [1.29, 1.82) is 0 Å². The molecule has 0 aliphatic rings. The number of nitrogens with one attached hydrogen (secondary N) is 10. The van der Waals surface area contributed by atoms with Crippen molar-refractivity contribution < 1.29 is 57.8 Å². The molecule has 21 N–H and O–H groups in total. The summed E-state index contributed by atoms with van der Waals surface area (Å²) < 4.78 is 0. The predicted octanol–water partition coefficient (Wildman–Crippen LogP) is 3.75. The lowest BCUT2D eigenvalue weighted by atomic mass is 9.96. The van der Waals surface area contributed by atoms with E-state index < -0.39 is 125 Å². The summed E-state index contributed by atoms with van der Waals surface area (Å²) >= 11 is 0. The van der Waals surface area contributed by atoms with Gasteiger partial charge in [-0.3, -0.25) is 57.7 Å². The molecule has 0 aliphatic carbocycles. The first-order chi connectivity index (χ1) is 46.8. The normalized spacial score (nSPS) is 14.8. The van der Waals surface area contributed by atoms with Crippen molar-refractivity contribution in [2.75, 3.05) is 26.2 Å². The molecule has 0 saturated carbocycles. The van der Waals surface area contributed by atoms with Gasteiger partial charge in [-0.1, -0.05) is 166 Å².